The molecule has 1 aromatic heterocycles. The second-order valence-corrected chi connectivity index (χ2v) is 17.2. The summed E-state index contributed by atoms with van der Waals surface area (Å²) in [6, 6.07) is 5.53. The molecule has 1 aromatic carbocycles. The first kappa shape index (κ1) is 30.7. The summed E-state index contributed by atoms with van der Waals surface area (Å²) in [5.41, 5.74) is 2.92. The van der Waals surface area contributed by atoms with Crippen molar-refractivity contribution in [3.63, 3.8) is 0 Å². The van der Waals surface area contributed by atoms with Crippen molar-refractivity contribution in [2.24, 2.45) is 5.92 Å². The van der Waals surface area contributed by atoms with E-state index in [9.17, 15) is 19.1 Å². The number of fused-ring (bicyclic) bond motifs is 1. The molecule has 6 rings (SSSR count). The molecule has 1 aliphatic carbocycles. The number of nitrogens with one attached hydrogen (secondary N) is 1. The summed E-state index contributed by atoms with van der Waals surface area (Å²) in [6.45, 7) is 7.53. The zero-order valence-corrected chi connectivity index (χ0v) is 28.8. The molecule has 5 atom stereocenters. The number of esters is 1. The van der Waals surface area contributed by atoms with Gasteiger partial charge in [-0.05, 0) is 0 Å². The Morgan fingerprint density at radius 2 is 2.07 bits per heavy atom. The second kappa shape index (κ2) is 13.0. The summed E-state index contributed by atoms with van der Waals surface area (Å²) < 4.78 is 20.3. The van der Waals surface area contributed by atoms with Crippen molar-refractivity contribution < 1.29 is 23.8 Å². The van der Waals surface area contributed by atoms with Gasteiger partial charge in [0.1, 0.15) is 0 Å². The molecule has 3 fully saturated rings. The maximum absolute atomic E-state index is 14.8. The van der Waals surface area contributed by atoms with Crippen LogP contribution in [0.4, 0.5) is 4.39 Å². The summed E-state index contributed by atoms with van der Waals surface area (Å²) >= 11 is 6.06. The number of aromatic nitrogens is 1. The van der Waals surface area contributed by atoms with Gasteiger partial charge in [0, 0.05) is 0 Å². The van der Waals surface area contributed by atoms with Crippen LogP contribution in [-0.4, -0.2) is 114 Å². The quantitative estimate of drug-likeness (QED) is 0.239. The van der Waals surface area contributed by atoms with Crippen molar-refractivity contribution in [1.82, 2.24) is 25.0 Å². The number of benzene rings is 1. The number of piperazine rings is 1. The molecule has 1 saturated carbocycles. The fourth-order valence-corrected chi connectivity index (χ4v) is 14.0. The van der Waals surface area contributed by atoms with Gasteiger partial charge < -0.3 is 5.11 Å². The molecule has 4 heterocycles. The number of carboxylic acids is 1. The van der Waals surface area contributed by atoms with Gasteiger partial charge >= 0.3 is 262 Å². The summed E-state index contributed by atoms with van der Waals surface area (Å²) in [6.07, 6.45) is 4.00. The van der Waals surface area contributed by atoms with Gasteiger partial charge in [0.15, 0.2) is 0 Å². The van der Waals surface area contributed by atoms with Crippen LogP contribution in [0, 0.1) is 18.7 Å². The normalized spacial score (nSPS) is 27.8. The molecule has 2 radical (unpaired) electrons. The topological polar surface area (TPSA) is 98.2 Å². The van der Waals surface area contributed by atoms with Crippen molar-refractivity contribution in [3.8, 4) is 0 Å². The van der Waals surface area contributed by atoms with Crippen LogP contribution in [0.15, 0.2) is 41.0 Å². The molecule has 13 heteroatoms. The minimum atomic E-state index is -1.44. The van der Waals surface area contributed by atoms with Crippen LogP contribution in [0.1, 0.15) is 50.3 Å². The Balaban J connectivity index is 1.27. The summed E-state index contributed by atoms with van der Waals surface area (Å²) in [7, 11) is 0. The fraction of sp³-hybridized carbons (Fsp3) is 0.533. The van der Waals surface area contributed by atoms with Gasteiger partial charge in [-0.15, -0.1) is 0 Å². The predicted molar refractivity (Wildman–Crippen MR) is 166 cm³/mol. The molecule has 3 aliphatic heterocycles. The number of carbonyl (C=O) groups is 2. The third-order valence-corrected chi connectivity index (χ3v) is 15.8. The van der Waals surface area contributed by atoms with Crippen molar-refractivity contribution >= 4 is 61.7 Å². The van der Waals surface area contributed by atoms with Gasteiger partial charge in [0.25, 0.3) is 0 Å². The number of hydrogen-bond donors (Lipinski definition) is 2. The van der Waals surface area contributed by atoms with E-state index in [2.05, 4.69) is 25.0 Å². The Labute approximate surface area is 270 Å². The van der Waals surface area contributed by atoms with Gasteiger partial charge in [-0.1, -0.05) is 0 Å². The number of hydrogen-bond acceptors (Lipinski definition) is 8. The van der Waals surface area contributed by atoms with Crippen LogP contribution in [-0.2, 0) is 14.3 Å². The molecule has 228 valence electrons. The van der Waals surface area contributed by atoms with Crippen molar-refractivity contribution in [1.29, 1.82) is 0 Å². The zero-order chi connectivity index (χ0) is 30.2. The molecule has 3 unspecified atom stereocenters. The molecule has 2 N–H and O–H groups in total. The SMILES string of the molecule is CCOC(=O)C1=C(CN2CCN3C(=S)N(C4CCC(C(=O)O)C4)C[C@@H]3C2)N[CH](c2nccs2)[Sn][C@H]1c1cccc(F)c1C. The van der Waals surface area contributed by atoms with Gasteiger partial charge in [-0.3, -0.25) is 4.79 Å². The number of rotatable bonds is 8. The van der Waals surface area contributed by atoms with E-state index in [1.165, 1.54) is 6.07 Å². The zero-order valence-electron chi connectivity index (χ0n) is 24.3. The molecular weight excluding hydrogens is 696 g/mol. The Bertz CT molecular complexity index is 1430. The molecule has 2 aromatic rings. The van der Waals surface area contributed by atoms with Gasteiger partial charge in [0.2, 0.25) is 0 Å². The Morgan fingerprint density at radius 1 is 1.23 bits per heavy atom. The summed E-state index contributed by atoms with van der Waals surface area (Å²) in [5, 5.41) is 17.0. The predicted octanol–water partition coefficient (Wildman–Crippen LogP) is 3.30. The Hall–Kier alpha value is -2.29. The molecule has 0 bridgehead atoms. The van der Waals surface area contributed by atoms with Gasteiger partial charge in [0.05, 0.1) is 0 Å². The maximum atomic E-state index is 14.8. The van der Waals surface area contributed by atoms with Crippen molar-refractivity contribution in [2.75, 3.05) is 39.3 Å². The number of carbonyl (C=O) groups excluding carboxylic acids is 1. The number of thiocarbonyl (C=S) groups is 1. The first-order valence-electron chi connectivity index (χ1n) is 14.8. The molecule has 0 amide bonds. The molecular formula is C30H36FN5O4S2Sn. The van der Waals surface area contributed by atoms with Crippen molar-refractivity contribution in [2.45, 2.75) is 53.2 Å². The van der Waals surface area contributed by atoms with E-state index in [4.69, 9.17) is 17.0 Å². The minimum absolute atomic E-state index is 0.0461. The number of thiazole rings is 1. The van der Waals surface area contributed by atoms with Gasteiger partial charge in [-0.2, -0.15) is 0 Å². The van der Waals surface area contributed by atoms with E-state index in [0.717, 1.165) is 54.0 Å². The van der Waals surface area contributed by atoms with Crippen molar-refractivity contribution in [3.05, 3.63) is 63.0 Å². The van der Waals surface area contributed by atoms with Crippen LogP contribution in [0.2, 0.25) is 0 Å². The van der Waals surface area contributed by atoms with E-state index in [1.54, 1.807) is 24.3 Å². The number of ether oxygens (including phenoxy) is 1. The summed E-state index contributed by atoms with van der Waals surface area (Å²) in [5.74, 6) is -1.61. The molecule has 4 aliphatic rings. The number of aliphatic carboxylic acids is 1. The van der Waals surface area contributed by atoms with E-state index in [-0.39, 0.29) is 44.4 Å². The second-order valence-electron chi connectivity index (χ2n) is 11.6. The number of nitrogens with zero attached hydrogens (tertiary/aromatic N) is 4. The standard InChI is InChI=1S/C30H36FN5O4S2.Sn/c1-3-40-29(39)24(14-20-5-4-6-25(31)19(20)2)26(33-15-27-32-9-12-42-27)18-34-10-11-35-23(16-34)17-36(30(35)41)22-8-7-21(13-22)28(37)38;/h4-6,9,12,14-15,21-23,33H,3,7-8,10-11,13,16-18H2,1-2H3,(H,37,38);/t21?,22?,23-;/m0./s1. The molecule has 0 spiro atoms. The van der Waals surface area contributed by atoms with E-state index >= 15 is 0 Å². The van der Waals surface area contributed by atoms with Crippen LogP contribution in [0.3, 0.4) is 0 Å². The summed E-state index contributed by atoms with van der Waals surface area (Å²) in [4.78, 5) is 36.7. The van der Waals surface area contributed by atoms with Gasteiger partial charge in [-0.25, -0.2) is 0 Å². The van der Waals surface area contributed by atoms with Crippen LogP contribution in [0.25, 0.3) is 0 Å². The Kier molecular flexibility index (Phi) is 9.27. The van der Waals surface area contributed by atoms with Crippen LogP contribution < -0.4 is 5.32 Å². The number of carboxylic acid groups (broad SMARTS) is 1. The molecule has 2 saturated heterocycles. The average Bonchev–Trinajstić information content (AvgIpc) is 3.75. The third-order valence-electron chi connectivity index (χ3n) is 9.12. The van der Waals surface area contributed by atoms with E-state index in [1.807, 2.05) is 24.6 Å². The van der Waals surface area contributed by atoms with E-state index in [0.29, 0.717) is 30.5 Å². The monoisotopic (exact) mass is 733 g/mol. The Morgan fingerprint density at radius 3 is 2.79 bits per heavy atom. The first-order chi connectivity index (χ1) is 20.7. The third kappa shape index (κ3) is 6.16. The fourth-order valence-electron chi connectivity index (χ4n) is 6.93. The average molecular weight is 732 g/mol. The van der Waals surface area contributed by atoms with Crippen LogP contribution >= 0.6 is 23.6 Å². The molecule has 9 nitrogen and oxygen atoms in total. The van der Waals surface area contributed by atoms with E-state index < -0.39 is 27.1 Å². The van der Waals surface area contributed by atoms with Crippen LogP contribution in [0.5, 0.6) is 0 Å². The first-order valence-corrected chi connectivity index (χ1v) is 19.4. The molecule has 43 heavy (non-hydrogen) atoms. The number of halogens is 1.